The molecule has 11 aromatic carbocycles. The van der Waals surface area contributed by atoms with E-state index in [0.717, 1.165) is 12.8 Å². The zero-order chi connectivity index (χ0) is 40.0. The zero-order valence-electron chi connectivity index (χ0n) is 33.5. The standard InChI is InChI=1S/C60H38S/c1-3-15-39-33-41(27-25-37(39)13-1)57-45-17-5-9-21-49(45)59(50-22-10-6-18-46(50)57)43-29-31-55-53(35-43)54-36-44(30-32-56(54)61-55)60-51-23-11-7-19-47(51)58(48-20-8-12-24-52(48)60)42-28-26-38-14-2-4-16-40(38)34-42/h1,3-13,15-36H,2,14H2. The van der Waals surface area contributed by atoms with Gasteiger partial charge in [0.15, 0.2) is 0 Å². The van der Waals surface area contributed by atoms with Gasteiger partial charge in [-0.05, 0) is 159 Å². The molecular weight excluding hydrogens is 753 g/mol. The molecule has 1 heterocycles. The van der Waals surface area contributed by atoms with Gasteiger partial charge < -0.3 is 0 Å². The molecule has 0 atom stereocenters. The predicted octanol–water partition coefficient (Wildman–Crippen LogP) is 17.4. The fourth-order valence-electron chi connectivity index (χ4n) is 10.5. The Morgan fingerprint density at radius 3 is 1.20 bits per heavy atom. The molecule has 12 aromatic rings. The van der Waals surface area contributed by atoms with Crippen molar-refractivity contribution in [3.8, 4) is 44.5 Å². The molecule has 61 heavy (non-hydrogen) atoms. The summed E-state index contributed by atoms with van der Waals surface area (Å²) in [6, 6.07) is 73.1. The van der Waals surface area contributed by atoms with Gasteiger partial charge in [-0.25, -0.2) is 0 Å². The van der Waals surface area contributed by atoms with E-state index in [0.29, 0.717) is 0 Å². The maximum Gasteiger partial charge on any atom is 0.0355 e. The summed E-state index contributed by atoms with van der Waals surface area (Å²) in [6.45, 7) is 0. The first-order valence-electron chi connectivity index (χ1n) is 21.4. The lowest BCUT2D eigenvalue weighted by molar-refractivity contribution is 0.986. The molecule has 0 unspecified atom stereocenters. The Morgan fingerprint density at radius 1 is 0.311 bits per heavy atom. The van der Waals surface area contributed by atoms with Gasteiger partial charge >= 0.3 is 0 Å². The van der Waals surface area contributed by atoms with Gasteiger partial charge in [-0.15, -0.1) is 11.3 Å². The first kappa shape index (κ1) is 34.5. The van der Waals surface area contributed by atoms with Crippen LogP contribution in [-0.2, 0) is 6.42 Å². The molecule has 0 saturated carbocycles. The molecule has 1 aliphatic rings. The summed E-state index contributed by atoms with van der Waals surface area (Å²) in [5, 5.41) is 15.4. The van der Waals surface area contributed by atoms with E-state index >= 15 is 0 Å². The first-order valence-corrected chi connectivity index (χ1v) is 22.2. The van der Waals surface area contributed by atoms with Crippen molar-refractivity contribution in [3.63, 3.8) is 0 Å². The quantitative estimate of drug-likeness (QED) is 0.156. The van der Waals surface area contributed by atoms with Crippen molar-refractivity contribution in [2.24, 2.45) is 0 Å². The van der Waals surface area contributed by atoms with Crippen LogP contribution >= 0.6 is 11.3 Å². The monoisotopic (exact) mass is 790 g/mol. The van der Waals surface area contributed by atoms with Crippen LogP contribution in [0.4, 0.5) is 0 Å². The van der Waals surface area contributed by atoms with E-state index in [2.05, 4.69) is 206 Å². The third kappa shape index (κ3) is 5.37. The largest absolute Gasteiger partial charge is 0.135 e. The summed E-state index contributed by atoms with van der Waals surface area (Å²) in [7, 11) is 0. The third-order valence-electron chi connectivity index (χ3n) is 13.3. The van der Waals surface area contributed by atoms with Crippen molar-refractivity contribution >= 4 is 91.4 Å². The fraction of sp³-hybridized carbons (Fsp3) is 0.0333. The van der Waals surface area contributed by atoms with E-state index in [9.17, 15) is 0 Å². The number of benzene rings is 11. The van der Waals surface area contributed by atoms with Crippen LogP contribution in [0, 0.1) is 0 Å². The van der Waals surface area contributed by atoms with Crippen LogP contribution in [0.3, 0.4) is 0 Å². The molecule has 1 heteroatoms. The lowest BCUT2D eigenvalue weighted by Gasteiger charge is -2.19. The Bertz CT molecular complexity index is 3710. The smallest absolute Gasteiger partial charge is 0.0355 e. The van der Waals surface area contributed by atoms with Crippen LogP contribution < -0.4 is 0 Å². The molecule has 0 aliphatic heterocycles. The Hall–Kier alpha value is -7.32. The van der Waals surface area contributed by atoms with Crippen molar-refractivity contribution in [3.05, 3.63) is 211 Å². The van der Waals surface area contributed by atoms with E-state index < -0.39 is 0 Å². The van der Waals surface area contributed by atoms with Crippen LogP contribution in [-0.4, -0.2) is 0 Å². The van der Waals surface area contributed by atoms with Crippen LogP contribution in [0.15, 0.2) is 200 Å². The molecule has 0 saturated heterocycles. The topological polar surface area (TPSA) is 0 Å². The highest BCUT2D eigenvalue weighted by molar-refractivity contribution is 7.25. The molecule has 0 fully saturated rings. The molecule has 0 radical (unpaired) electrons. The van der Waals surface area contributed by atoms with E-state index in [1.54, 1.807) is 0 Å². The van der Waals surface area contributed by atoms with Crippen LogP contribution in [0.25, 0.3) is 125 Å². The molecule has 0 amide bonds. The van der Waals surface area contributed by atoms with Gasteiger partial charge in [0.1, 0.15) is 0 Å². The summed E-state index contributed by atoms with van der Waals surface area (Å²) in [6.07, 6.45) is 6.84. The number of fused-ring (bicyclic) bond motifs is 9. The zero-order valence-corrected chi connectivity index (χ0v) is 34.3. The van der Waals surface area contributed by atoms with Gasteiger partial charge in [0.2, 0.25) is 0 Å². The lowest BCUT2D eigenvalue weighted by atomic mass is 9.84. The number of hydrogen-bond acceptors (Lipinski definition) is 1. The van der Waals surface area contributed by atoms with E-state index in [4.69, 9.17) is 0 Å². The number of allylic oxidation sites excluding steroid dienone is 1. The highest BCUT2D eigenvalue weighted by Crippen LogP contribution is 2.48. The minimum atomic E-state index is 1.11. The maximum absolute atomic E-state index is 2.47. The van der Waals surface area contributed by atoms with Gasteiger partial charge in [-0.2, -0.15) is 0 Å². The number of aryl methyl sites for hydroxylation is 1. The molecule has 0 bridgehead atoms. The molecule has 0 spiro atoms. The summed E-state index contributed by atoms with van der Waals surface area (Å²) >= 11 is 1.89. The summed E-state index contributed by atoms with van der Waals surface area (Å²) in [4.78, 5) is 0. The molecule has 284 valence electrons. The van der Waals surface area contributed by atoms with Gasteiger partial charge in [0.25, 0.3) is 0 Å². The normalized spacial score (nSPS) is 12.7. The molecule has 0 nitrogen and oxygen atoms in total. The Kier molecular flexibility index (Phi) is 7.70. The lowest BCUT2D eigenvalue weighted by Crippen LogP contribution is -1.95. The van der Waals surface area contributed by atoms with Crippen molar-refractivity contribution in [1.29, 1.82) is 0 Å². The summed E-state index contributed by atoms with van der Waals surface area (Å²) in [5.41, 5.74) is 13.0. The molecule has 1 aromatic heterocycles. The van der Waals surface area contributed by atoms with E-state index in [1.165, 1.54) is 130 Å². The Labute approximate surface area is 358 Å². The highest BCUT2D eigenvalue weighted by Gasteiger charge is 2.21. The SMILES string of the molecule is C1=Cc2cc(-c3c4ccccc4c(-c4ccc5sc6ccc(-c7c8ccccc8c(-c8ccc9ccccc9c8)c8ccccc78)cc6c5c4)c4ccccc34)ccc2CC1. The molecule has 1 aliphatic carbocycles. The van der Waals surface area contributed by atoms with Crippen molar-refractivity contribution in [2.45, 2.75) is 12.8 Å². The third-order valence-corrected chi connectivity index (χ3v) is 14.4. The maximum atomic E-state index is 2.47. The van der Waals surface area contributed by atoms with Gasteiger partial charge in [-0.3, -0.25) is 0 Å². The highest BCUT2D eigenvalue weighted by atomic mass is 32.1. The van der Waals surface area contributed by atoms with E-state index in [-0.39, 0.29) is 0 Å². The van der Waals surface area contributed by atoms with Gasteiger partial charge in [0, 0.05) is 20.2 Å². The Balaban J connectivity index is 1.02. The predicted molar refractivity (Wildman–Crippen MR) is 266 cm³/mol. The average Bonchev–Trinajstić information content (AvgIpc) is 3.69. The van der Waals surface area contributed by atoms with Crippen molar-refractivity contribution in [1.82, 2.24) is 0 Å². The number of hydrogen-bond donors (Lipinski definition) is 0. The van der Waals surface area contributed by atoms with Gasteiger partial charge in [0.05, 0.1) is 0 Å². The molecular formula is C60H38S. The summed E-state index contributed by atoms with van der Waals surface area (Å²) < 4.78 is 2.62. The minimum Gasteiger partial charge on any atom is -0.135 e. The number of rotatable bonds is 4. The second-order valence-corrected chi connectivity index (χ2v) is 17.7. The molecule has 0 N–H and O–H groups in total. The molecule has 13 rings (SSSR count). The second-order valence-electron chi connectivity index (χ2n) is 16.6. The van der Waals surface area contributed by atoms with Crippen LogP contribution in [0.5, 0.6) is 0 Å². The summed E-state index contributed by atoms with van der Waals surface area (Å²) in [5.74, 6) is 0. The second kappa shape index (κ2) is 13.6. The van der Waals surface area contributed by atoms with E-state index in [1.807, 2.05) is 11.3 Å². The van der Waals surface area contributed by atoms with Crippen molar-refractivity contribution < 1.29 is 0 Å². The first-order chi connectivity index (χ1) is 30.2. The van der Waals surface area contributed by atoms with Crippen LogP contribution in [0.1, 0.15) is 17.5 Å². The van der Waals surface area contributed by atoms with Crippen molar-refractivity contribution in [2.75, 3.05) is 0 Å². The minimum absolute atomic E-state index is 1.11. The van der Waals surface area contributed by atoms with Crippen LogP contribution in [0.2, 0.25) is 0 Å². The number of thiophene rings is 1. The van der Waals surface area contributed by atoms with Gasteiger partial charge in [-0.1, -0.05) is 170 Å². The fourth-order valence-corrected chi connectivity index (χ4v) is 11.6. The Morgan fingerprint density at radius 2 is 0.705 bits per heavy atom. The average molecular weight is 791 g/mol.